The van der Waals surface area contributed by atoms with Crippen LogP contribution in [0, 0.1) is 27.2 Å². The molecular formula is C18H14N10O4. The van der Waals surface area contributed by atoms with E-state index in [1.165, 1.54) is 53.0 Å². The Labute approximate surface area is 178 Å². The molecule has 2 aromatic heterocycles. The van der Waals surface area contributed by atoms with Gasteiger partial charge in [0, 0.05) is 24.3 Å². The third kappa shape index (κ3) is 3.87. The minimum atomic E-state index is -0.505. The molecule has 0 radical (unpaired) electrons. The molecule has 14 heteroatoms. The van der Waals surface area contributed by atoms with Gasteiger partial charge in [-0.2, -0.15) is 5.11 Å². The van der Waals surface area contributed by atoms with Crippen LogP contribution >= 0.6 is 0 Å². The number of non-ortho nitro benzene ring substituents is 2. The second kappa shape index (κ2) is 8.02. The highest BCUT2D eigenvalue weighted by atomic mass is 16.6. The molecular weight excluding hydrogens is 420 g/mol. The fraction of sp³-hybridized carbons (Fsp3) is 0.0556. The quantitative estimate of drug-likeness (QED) is 0.237. The summed E-state index contributed by atoms with van der Waals surface area (Å²) < 4.78 is 1.49. The van der Waals surface area contributed by atoms with Crippen LogP contribution in [0.5, 0.6) is 0 Å². The Kier molecular flexibility index (Phi) is 5.08. The molecule has 3 N–H and O–H groups in total. The number of rotatable bonds is 6. The summed E-state index contributed by atoms with van der Waals surface area (Å²) in [6.07, 6.45) is 0. The fourth-order valence-corrected chi connectivity index (χ4v) is 2.79. The number of H-pyrrole nitrogens is 1. The number of fused-ring (bicyclic) bond motifs is 1. The van der Waals surface area contributed by atoms with Crippen LogP contribution in [-0.4, -0.2) is 24.4 Å². The standard InChI is InChI=1S/C18H14N10O4/c1-10-17(24-22-12-4-8-14(9-5-12)28(31)32)26-18(20-10)15(16(19)25-26)23-21-11-2-6-13(7-3-11)27(29)30/h2-9,25H,19H2,1H3. The first-order valence-electron chi connectivity index (χ1n) is 9.02. The zero-order valence-electron chi connectivity index (χ0n) is 16.4. The molecule has 0 aliphatic carbocycles. The van der Waals surface area contributed by atoms with E-state index >= 15 is 0 Å². The smallest absolute Gasteiger partial charge is 0.269 e. The maximum Gasteiger partial charge on any atom is 0.269 e. The number of aromatic nitrogens is 3. The van der Waals surface area contributed by atoms with Gasteiger partial charge in [0.1, 0.15) is 5.82 Å². The van der Waals surface area contributed by atoms with Crippen molar-refractivity contribution in [3.05, 3.63) is 74.5 Å². The molecule has 0 aliphatic heterocycles. The van der Waals surface area contributed by atoms with Crippen molar-refractivity contribution in [2.75, 3.05) is 5.73 Å². The van der Waals surface area contributed by atoms with E-state index in [0.717, 1.165) is 0 Å². The number of aryl methyl sites for hydroxylation is 1. The second-order valence-corrected chi connectivity index (χ2v) is 6.50. The highest BCUT2D eigenvalue weighted by Crippen LogP contribution is 2.34. The van der Waals surface area contributed by atoms with Gasteiger partial charge in [-0.3, -0.25) is 25.3 Å². The van der Waals surface area contributed by atoms with Crippen molar-refractivity contribution in [3.63, 3.8) is 0 Å². The molecule has 0 saturated heterocycles. The Hall–Kier alpha value is -5.01. The molecule has 4 rings (SSSR count). The van der Waals surface area contributed by atoms with E-state index in [0.29, 0.717) is 28.5 Å². The predicted molar refractivity (Wildman–Crippen MR) is 113 cm³/mol. The van der Waals surface area contributed by atoms with Gasteiger partial charge in [-0.25, -0.2) is 9.50 Å². The van der Waals surface area contributed by atoms with Gasteiger partial charge in [0.05, 0.1) is 26.9 Å². The van der Waals surface area contributed by atoms with Gasteiger partial charge in [-0.05, 0) is 31.2 Å². The van der Waals surface area contributed by atoms with Crippen LogP contribution in [0.1, 0.15) is 5.69 Å². The summed E-state index contributed by atoms with van der Waals surface area (Å²) in [6, 6.07) is 11.2. The Morgan fingerprint density at radius 1 is 0.875 bits per heavy atom. The molecule has 0 unspecified atom stereocenters. The van der Waals surface area contributed by atoms with Crippen molar-refractivity contribution < 1.29 is 9.85 Å². The maximum atomic E-state index is 10.7. The van der Waals surface area contributed by atoms with Gasteiger partial charge >= 0.3 is 0 Å². The molecule has 0 saturated carbocycles. The molecule has 0 atom stereocenters. The van der Waals surface area contributed by atoms with E-state index in [4.69, 9.17) is 5.73 Å². The lowest BCUT2D eigenvalue weighted by Crippen LogP contribution is -1.88. The summed E-state index contributed by atoms with van der Waals surface area (Å²) in [5.41, 5.74) is 7.88. The van der Waals surface area contributed by atoms with Gasteiger partial charge in [0.25, 0.3) is 11.4 Å². The first-order chi connectivity index (χ1) is 15.3. The molecule has 0 aliphatic rings. The number of benzene rings is 2. The van der Waals surface area contributed by atoms with Crippen LogP contribution in [0.2, 0.25) is 0 Å². The van der Waals surface area contributed by atoms with Crippen molar-refractivity contribution in [2.24, 2.45) is 20.5 Å². The van der Waals surface area contributed by atoms with E-state index in [1.807, 2.05) is 0 Å². The SMILES string of the molecule is Cc1nc2c(N=Nc3ccc([N+](=O)[O-])cc3)c(N)[nH]n2c1N=Nc1ccc([N+](=O)[O-])cc1. The molecule has 0 amide bonds. The third-order valence-corrected chi connectivity index (χ3v) is 4.37. The molecule has 2 aromatic carbocycles. The lowest BCUT2D eigenvalue weighted by atomic mass is 10.3. The largest absolute Gasteiger partial charge is 0.382 e. The number of nitrogen functional groups attached to an aromatic ring is 1. The Morgan fingerprint density at radius 3 is 1.88 bits per heavy atom. The second-order valence-electron chi connectivity index (χ2n) is 6.50. The monoisotopic (exact) mass is 434 g/mol. The average Bonchev–Trinajstić information content (AvgIpc) is 3.24. The van der Waals surface area contributed by atoms with Gasteiger partial charge in [0.15, 0.2) is 17.2 Å². The van der Waals surface area contributed by atoms with E-state index in [2.05, 4.69) is 30.5 Å². The topological polar surface area (TPSA) is 195 Å². The zero-order valence-corrected chi connectivity index (χ0v) is 16.4. The molecule has 32 heavy (non-hydrogen) atoms. The van der Waals surface area contributed by atoms with Gasteiger partial charge in [0.2, 0.25) is 0 Å². The van der Waals surface area contributed by atoms with E-state index in [1.54, 1.807) is 6.92 Å². The number of anilines is 1. The van der Waals surface area contributed by atoms with Gasteiger partial charge in [-0.15, -0.1) is 15.3 Å². The lowest BCUT2D eigenvalue weighted by molar-refractivity contribution is -0.385. The van der Waals surface area contributed by atoms with E-state index in [-0.39, 0.29) is 22.9 Å². The number of azo groups is 2. The third-order valence-electron chi connectivity index (χ3n) is 4.37. The number of hydrogen-bond donors (Lipinski definition) is 2. The molecule has 0 fully saturated rings. The Balaban J connectivity index is 1.63. The number of nitro groups is 2. The van der Waals surface area contributed by atoms with Crippen LogP contribution in [0.15, 0.2) is 69.0 Å². The van der Waals surface area contributed by atoms with Crippen molar-refractivity contribution in [3.8, 4) is 0 Å². The first-order valence-corrected chi connectivity index (χ1v) is 9.02. The molecule has 160 valence electrons. The number of aromatic amines is 1. The fourth-order valence-electron chi connectivity index (χ4n) is 2.79. The zero-order chi connectivity index (χ0) is 22.8. The summed E-state index contributed by atoms with van der Waals surface area (Å²) in [6.45, 7) is 1.72. The van der Waals surface area contributed by atoms with Crippen LogP contribution in [-0.2, 0) is 0 Å². The number of nitrogens with two attached hydrogens (primary N) is 1. The minimum Gasteiger partial charge on any atom is -0.382 e. The summed E-state index contributed by atoms with van der Waals surface area (Å²) in [4.78, 5) is 24.9. The minimum absolute atomic E-state index is 0.0490. The lowest BCUT2D eigenvalue weighted by Gasteiger charge is -1.94. The van der Waals surface area contributed by atoms with Crippen molar-refractivity contribution in [1.29, 1.82) is 0 Å². The van der Waals surface area contributed by atoms with Crippen LogP contribution in [0.4, 0.5) is 40.1 Å². The van der Waals surface area contributed by atoms with Crippen molar-refractivity contribution in [1.82, 2.24) is 14.6 Å². The van der Waals surface area contributed by atoms with Gasteiger partial charge in [-0.1, -0.05) is 0 Å². The number of hydrogen-bond acceptors (Lipinski definition) is 10. The number of nitrogens with zero attached hydrogens (tertiary/aromatic N) is 8. The Morgan fingerprint density at radius 2 is 1.38 bits per heavy atom. The molecule has 4 aromatic rings. The first kappa shape index (κ1) is 20.3. The molecule has 0 spiro atoms. The number of imidazole rings is 1. The van der Waals surface area contributed by atoms with Gasteiger partial charge < -0.3 is 5.73 Å². The van der Waals surface area contributed by atoms with Crippen LogP contribution in [0.25, 0.3) is 5.65 Å². The maximum absolute atomic E-state index is 10.7. The normalized spacial score (nSPS) is 11.7. The molecule has 2 heterocycles. The predicted octanol–water partition coefficient (Wildman–Crippen LogP) is 5.20. The summed E-state index contributed by atoms with van der Waals surface area (Å²) in [5, 5.41) is 40.8. The highest BCUT2D eigenvalue weighted by Gasteiger charge is 2.17. The van der Waals surface area contributed by atoms with E-state index in [9.17, 15) is 20.2 Å². The van der Waals surface area contributed by atoms with Crippen LogP contribution < -0.4 is 5.73 Å². The summed E-state index contributed by atoms with van der Waals surface area (Å²) in [7, 11) is 0. The highest BCUT2D eigenvalue weighted by molar-refractivity contribution is 5.77. The average molecular weight is 434 g/mol. The summed E-state index contributed by atoms with van der Waals surface area (Å²) in [5.74, 6) is 0.548. The van der Waals surface area contributed by atoms with Crippen LogP contribution in [0.3, 0.4) is 0 Å². The van der Waals surface area contributed by atoms with Crippen molar-refractivity contribution in [2.45, 2.75) is 6.92 Å². The Bertz CT molecular complexity index is 1280. The number of nitro benzene ring substituents is 2. The van der Waals surface area contributed by atoms with Crippen molar-refractivity contribution >= 4 is 45.7 Å². The molecule has 0 bridgehead atoms. The van der Waals surface area contributed by atoms with E-state index < -0.39 is 9.85 Å². The molecule has 14 nitrogen and oxygen atoms in total. The number of nitrogens with one attached hydrogen (secondary N) is 1. The summed E-state index contributed by atoms with van der Waals surface area (Å²) >= 11 is 0.